The lowest BCUT2D eigenvalue weighted by atomic mass is 10.1. The highest BCUT2D eigenvalue weighted by Crippen LogP contribution is 2.18. The first-order valence-corrected chi connectivity index (χ1v) is 8.44. The number of nitrogens with zero attached hydrogens (tertiary/aromatic N) is 2. The second-order valence-electron chi connectivity index (χ2n) is 6.03. The Bertz CT molecular complexity index is 874. The van der Waals surface area contributed by atoms with Crippen LogP contribution in [0.3, 0.4) is 0 Å². The maximum Gasteiger partial charge on any atom is 0.251 e. The van der Waals surface area contributed by atoms with Crippen LogP contribution in [-0.4, -0.2) is 35.2 Å². The van der Waals surface area contributed by atoms with Gasteiger partial charge in [-0.15, -0.1) is 0 Å². The third-order valence-electron chi connectivity index (χ3n) is 3.94. The summed E-state index contributed by atoms with van der Waals surface area (Å²) < 4.78 is 7.09. The summed E-state index contributed by atoms with van der Waals surface area (Å²) >= 11 is 5.93. The minimum Gasteiger partial charge on any atom is -0.383 e. The van der Waals surface area contributed by atoms with Crippen LogP contribution in [-0.2, 0) is 11.3 Å². The van der Waals surface area contributed by atoms with Crippen molar-refractivity contribution in [3.63, 3.8) is 0 Å². The van der Waals surface area contributed by atoms with Gasteiger partial charge in [-0.25, -0.2) is 4.98 Å². The van der Waals surface area contributed by atoms with Crippen molar-refractivity contribution >= 4 is 28.5 Å². The van der Waals surface area contributed by atoms with Crippen LogP contribution in [0.4, 0.5) is 0 Å². The minimum atomic E-state index is -0.126. The van der Waals surface area contributed by atoms with Gasteiger partial charge in [-0.05, 0) is 42.8 Å². The van der Waals surface area contributed by atoms with E-state index in [1.807, 2.05) is 54.0 Å². The van der Waals surface area contributed by atoms with Crippen LogP contribution >= 0.6 is 11.6 Å². The molecule has 6 heteroatoms. The number of carbonyl (C=O) groups excluding carboxylic acids is 1. The van der Waals surface area contributed by atoms with E-state index in [1.165, 1.54) is 0 Å². The Morgan fingerprint density at radius 1 is 1.28 bits per heavy atom. The summed E-state index contributed by atoms with van der Waals surface area (Å²) in [6.07, 6.45) is 1.79. The summed E-state index contributed by atoms with van der Waals surface area (Å²) in [6.45, 7) is 3.08. The molecule has 0 radical (unpaired) electrons. The number of rotatable bonds is 6. The SMILES string of the molecule is COC[C@H](C)NC(=O)c1ccc2c(c1)ncn2Cc1ccc(Cl)cc1. The first-order chi connectivity index (χ1) is 12.1. The van der Waals surface area contributed by atoms with Gasteiger partial charge in [0.05, 0.1) is 24.0 Å². The van der Waals surface area contributed by atoms with E-state index in [2.05, 4.69) is 10.3 Å². The first-order valence-electron chi connectivity index (χ1n) is 8.06. The lowest BCUT2D eigenvalue weighted by Gasteiger charge is -2.12. The molecule has 0 bridgehead atoms. The van der Waals surface area contributed by atoms with E-state index >= 15 is 0 Å². The standard InChI is InChI=1S/C19H20ClN3O2/c1-13(11-25-2)22-19(24)15-5-8-18-17(9-15)21-12-23(18)10-14-3-6-16(20)7-4-14/h3-9,12-13H,10-11H2,1-2H3,(H,22,24)/t13-/m0/s1. The molecule has 1 N–H and O–H groups in total. The highest BCUT2D eigenvalue weighted by atomic mass is 35.5. The van der Waals surface area contributed by atoms with Gasteiger partial charge in [0.15, 0.2) is 0 Å². The third-order valence-corrected chi connectivity index (χ3v) is 4.20. The molecule has 25 heavy (non-hydrogen) atoms. The Hall–Kier alpha value is -2.37. The zero-order chi connectivity index (χ0) is 17.8. The normalized spacial score (nSPS) is 12.3. The van der Waals surface area contributed by atoms with Crippen molar-refractivity contribution < 1.29 is 9.53 Å². The highest BCUT2D eigenvalue weighted by molar-refractivity contribution is 6.30. The average Bonchev–Trinajstić information content (AvgIpc) is 2.99. The summed E-state index contributed by atoms with van der Waals surface area (Å²) in [7, 11) is 1.61. The van der Waals surface area contributed by atoms with Crippen molar-refractivity contribution in [3.05, 3.63) is 64.9 Å². The number of carbonyl (C=O) groups is 1. The Morgan fingerprint density at radius 2 is 2.04 bits per heavy atom. The maximum atomic E-state index is 12.3. The molecule has 0 aliphatic carbocycles. The molecule has 0 fully saturated rings. The second-order valence-corrected chi connectivity index (χ2v) is 6.47. The summed E-state index contributed by atoms with van der Waals surface area (Å²) in [5.41, 5.74) is 3.50. The van der Waals surface area contributed by atoms with Crippen molar-refractivity contribution in [2.24, 2.45) is 0 Å². The number of methoxy groups -OCH3 is 1. The number of amides is 1. The van der Waals surface area contributed by atoms with Crippen LogP contribution in [0.5, 0.6) is 0 Å². The van der Waals surface area contributed by atoms with Gasteiger partial charge in [0, 0.05) is 30.3 Å². The molecule has 0 saturated heterocycles. The lowest BCUT2D eigenvalue weighted by molar-refractivity contribution is 0.0905. The number of halogens is 1. The van der Waals surface area contributed by atoms with Crippen molar-refractivity contribution in [1.82, 2.24) is 14.9 Å². The molecular formula is C19H20ClN3O2. The van der Waals surface area contributed by atoms with Crippen LogP contribution in [0.1, 0.15) is 22.8 Å². The molecule has 1 atom stereocenters. The van der Waals surface area contributed by atoms with Gasteiger partial charge in [0.1, 0.15) is 0 Å². The Morgan fingerprint density at radius 3 is 2.76 bits per heavy atom. The number of hydrogen-bond donors (Lipinski definition) is 1. The zero-order valence-electron chi connectivity index (χ0n) is 14.2. The molecule has 0 spiro atoms. The van der Waals surface area contributed by atoms with E-state index in [4.69, 9.17) is 16.3 Å². The quantitative estimate of drug-likeness (QED) is 0.734. The van der Waals surface area contributed by atoms with Crippen LogP contribution in [0.25, 0.3) is 11.0 Å². The van der Waals surface area contributed by atoms with E-state index in [-0.39, 0.29) is 11.9 Å². The molecule has 130 valence electrons. The predicted octanol–water partition coefficient (Wildman–Crippen LogP) is 3.50. The van der Waals surface area contributed by atoms with Crippen molar-refractivity contribution in [2.45, 2.75) is 19.5 Å². The first kappa shape index (κ1) is 17.5. The number of imidazole rings is 1. The summed E-state index contributed by atoms with van der Waals surface area (Å²) in [5, 5.41) is 3.62. The highest BCUT2D eigenvalue weighted by Gasteiger charge is 2.12. The van der Waals surface area contributed by atoms with Gasteiger partial charge in [-0.3, -0.25) is 4.79 Å². The minimum absolute atomic E-state index is 0.0457. The number of nitrogens with one attached hydrogen (secondary N) is 1. The fourth-order valence-electron chi connectivity index (χ4n) is 2.72. The Kier molecular flexibility index (Phi) is 5.36. The second kappa shape index (κ2) is 7.68. The smallest absolute Gasteiger partial charge is 0.251 e. The van der Waals surface area contributed by atoms with E-state index in [1.54, 1.807) is 13.4 Å². The molecule has 3 rings (SSSR count). The molecule has 2 aromatic carbocycles. The van der Waals surface area contributed by atoms with Gasteiger partial charge in [-0.2, -0.15) is 0 Å². The molecule has 0 unspecified atom stereocenters. The molecule has 0 aliphatic rings. The Balaban J connectivity index is 1.78. The maximum absolute atomic E-state index is 12.3. The Labute approximate surface area is 151 Å². The number of fused-ring (bicyclic) bond motifs is 1. The average molecular weight is 358 g/mol. The molecule has 1 aromatic heterocycles. The van der Waals surface area contributed by atoms with Crippen molar-refractivity contribution in [1.29, 1.82) is 0 Å². The molecule has 5 nitrogen and oxygen atoms in total. The van der Waals surface area contributed by atoms with Gasteiger partial charge in [0.25, 0.3) is 5.91 Å². The molecule has 3 aromatic rings. The molecule has 0 aliphatic heterocycles. The molecule has 0 saturated carbocycles. The number of hydrogen-bond acceptors (Lipinski definition) is 3. The van der Waals surface area contributed by atoms with Gasteiger partial charge in [0.2, 0.25) is 0 Å². The lowest BCUT2D eigenvalue weighted by Crippen LogP contribution is -2.35. The number of benzene rings is 2. The van der Waals surface area contributed by atoms with Gasteiger partial charge in [-0.1, -0.05) is 23.7 Å². The summed E-state index contributed by atoms with van der Waals surface area (Å²) in [4.78, 5) is 16.7. The van der Waals surface area contributed by atoms with Crippen LogP contribution in [0.2, 0.25) is 5.02 Å². The molecular weight excluding hydrogens is 338 g/mol. The number of ether oxygens (including phenoxy) is 1. The topological polar surface area (TPSA) is 56.1 Å². The van der Waals surface area contributed by atoms with Crippen molar-refractivity contribution in [3.8, 4) is 0 Å². The zero-order valence-corrected chi connectivity index (χ0v) is 15.0. The van der Waals surface area contributed by atoms with E-state index < -0.39 is 0 Å². The predicted molar refractivity (Wildman–Crippen MR) is 99.1 cm³/mol. The van der Waals surface area contributed by atoms with Crippen molar-refractivity contribution in [2.75, 3.05) is 13.7 Å². The number of aromatic nitrogens is 2. The third kappa shape index (κ3) is 4.18. The fraction of sp³-hybridized carbons (Fsp3) is 0.263. The summed E-state index contributed by atoms with van der Waals surface area (Å²) in [6, 6.07) is 13.2. The molecule has 1 amide bonds. The van der Waals surface area contributed by atoms with E-state index in [9.17, 15) is 4.79 Å². The van der Waals surface area contributed by atoms with Crippen LogP contribution < -0.4 is 5.32 Å². The monoisotopic (exact) mass is 357 g/mol. The molecule has 1 heterocycles. The van der Waals surface area contributed by atoms with E-state index in [0.717, 1.165) is 21.6 Å². The largest absolute Gasteiger partial charge is 0.383 e. The van der Waals surface area contributed by atoms with Crippen LogP contribution in [0, 0.1) is 0 Å². The fourth-order valence-corrected chi connectivity index (χ4v) is 2.84. The van der Waals surface area contributed by atoms with Crippen LogP contribution in [0.15, 0.2) is 48.8 Å². The van der Waals surface area contributed by atoms with E-state index in [0.29, 0.717) is 18.7 Å². The van der Waals surface area contributed by atoms with Gasteiger partial charge < -0.3 is 14.6 Å². The summed E-state index contributed by atoms with van der Waals surface area (Å²) in [5.74, 6) is -0.126. The van der Waals surface area contributed by atoms with Gasteiger partial charge >= 0.3 is 0 Å².